The SMILES string of the molecule is [C-]#[N+]/C(C#N)=C1\C=C(C)OC(/C=C/c2ccc(C)c(CO)c2)=C1. The van der Waals surface area contributed by atoms with Gasteiger partial charge in [0.1, 0.15) is 11.5 Å². The summed E-state index contributed by atoms with van der Waals surface area (Å²) in [5, 5.41) is 18.3. The summed E-state index contributed by atoms with van der Waals surface area (Å²) in [4.78, 5) is 3.22. The van der Waals surface area contributed by atoms with Crippen LogP contribution in [0.1, 0.15) is 23.6 Å². The van der Waals surface area contributed by atoms with E-state index in [0.717, 1.165) is 16.7 Å². The first-order valence-electron chi connectivity index (χ1n) is 7.05. The van der Waals surface area contributed by atoms with Crippen molar-refractivity contribution < 1.29 is 9.84 Å². The second-order valence-electron chi connectivity index (χ2n) is 5.11. The highest BCUT2D eigenvalue weighted by Crippen LogP contribution is 2.23. The molecule has 2 rings (SSSR count). The maximum Gasteiger partial charge on any atom is 0.269 e. The number of rotatable bonds is 3. The topological polar surface area (TPSA) is 57.6 Å². The zero-order valence-corrected chi connectivity index (χ0v) is 13.0. The van der Waals surface area contributed by atoms with Gasteiger partial charge in [0.25, 0.3) is 5.70 Å². The van der Waals surface area contributed by atoms with Crippen molar-refractivity contribution in [2.75, 3.05) is 0 Å². The first kappa shape index (κ1) is 16.3. The summed E-state index contributed by atoms with van der Waals surface area (Å²) in [6.07, 6.45) is 6.98. The fourth-order valence-electron chi connectivity index (χ4n) is 2.18. The van der Waals surface area contributed by atoms with Gasteiger partial charge in [-0.25, -0.2) is 10.1 Å². The Labute approximate surface area is 135 Å². The molecule has 0 radical (unpaired) electrons. The molecule has 0 aromatic heterocycles. The molecule has 1 N–H and O–H groups in total. The Kier molecular flexibility index (Phi) is 5.15. The largest absolute Gasteiger partial charge is 0.462 e. The Morgan fingerprint density at radius 3 is 2.78 bits per heavy atom. The van der Waals surface area contributed by atoms with Crippen LogP contribution in [-0.4, -0.2) is 5.11 Å². The second-order valence-corrected chi connectivity index (χ2v) is 5.11. The Morgan fingerprint density at radius 2 is 2.13 bits per heavy atom. The molecule has 0 spiro atoms. The van der Waals surface area contributed by atoms with Gasteiger partial charge in [-0.1, -0.05) is 18.2 Å². The lowest BCUT2D eigenvalue weighted by Gasteiger charge is -2.13. The van der Waals surface area contributed by atoms with Gasteiger partial charge >= 0.3 is 0 Å². The first-order valence-corrected chi connectivity index (χ1v) is 7.05. The van der Waals surface area contributed by atoms with Crippen molar-refractivity contribution in [3.05, 3.63) is 87.3 Å². The number of hydrogen-bond acceptors (Lipinski definition) is 3. The minimum absolute atomic E-state index is 0.00201. The van der Waals surface area contributed by atoms with Crippen LogP contribution in [0.3, 0.4) is 0 Å². The molecule has 0 unspecified atom stereocenters. The molecule has 0 amide bonds. The fourth-order valence-corrected chi connectivity index (χ4v) is 2.18. The molecule has 1 aromatic rings. The molecule has 1 heterocycles. The summed E-state index contributed by atoms with van der Waals surface area (Å²) in [6, 6.07) is 7.70. The molecular formula is C19H16N2O2. The summed E-state index contributed by atoms with van der Waals surface area (Å²) in [7, 11) is 0. The predicted octanol–water partition coefficient (Wildman–Crippen LogP) is 4.02. The smallest absolute Gasteiger partial charge is 0.269 e. The van der Waals surface area contributed by atoms with E-state index in [-0.39, 0.29) is 12.3 Å². The molecule has 0 fully saturated rings. The van der Waals surface area contributed by atoms with Crippen LogP contribution in [0.15, 0.2) is 59.2 Å². The van der Waals surface area contributed by atoms with Gasteiger partial charge in [0.05, 0.1) is 19.2 Å². The molecule has 114 valence electrons. The average Bonchev–Trinajstić information content (AvgIpc) is 2.55. The summed E-state index contributed by atoms with van der Waals surface area (Å²) < 4.78 is 5.60. The number of ether oxygens (including phenoxy) is 1. The van der Waals surface area contributed by atoms with E-state index in [4.69, 9.17) is 16.6 Å². The maximum absolute atomic E-state index is 9.31. The van der Waals surface area contributed by atoms with Gasteiger partial charge in [0, 0.05) is 0 Å². The monoisotopic (exact) mass is 304 g/mol. The first-order chi connectivity index (χ1) is 11.1. The zero-order chi connectivity index (χ0) is 16.8. The number of hydrogen-bond donors (Lipinski definition) is 1. The number of allylic oxidation sites excluding steroid dienone is 6. The predicted molar refractivity (Wildman–Crippen MR) is 88.3 cm³/mol. The number of nitrogens with zero attached hydrogens (tertiary/aromatic N) is 2. The highest BCUT2D eigenvalue weighted by molar-refractivity contribution is 5.57. The Morgan fingerprint density at radius 1 is 1.35 bits per heavy atom. The zero-order valence-electron chi connectivity index (χ0n) is 13.0. The van der Waals surface area contributed by atoms with E-state index < -0.39 is 0 Å². The summed E-state index contributed by atoms with van der Waals surface area (Å²) >= 11 is 0. The quantitative estimate of drug-likeness (QED) is 0.678. The summed E-state index contributed by atoms with van der Waals surface area (Å²) in [5.74, 6) is 1.18. The molecule has 1 aromatic carbocycles. The molecule has 0 saturated heterocycles. The lowest BCUT2D eigenvalue weighted by Crippen LogP contribution is -1.97. The molecular weight excluding hydrogens is 288 g/mol. The molecule has 1 aliphatic rings. The third kappa shape index (κ3) is 3.97. The summed E-state index contributed by atoms with van der Waals surface area (Å²) in [5.41, 5.74) is 3.44. The minimum Gasteiger partial charge on any atom is -0.462 e. The Hall–Kier alpha value is -3.08. The van der Waals surface area contributed by atoms with Crippen LogP contribution in [0.2, 0.25) is 0 Å². The number of aliphatic hydroxyl groups is 1. The standard InChI is InChI=1S/C19H16N2O2/c1-13-4-5-15(9-17(13)12-22)6-7-18-10-16(8-14(2)23-18)19(11-20)21-3/h4-10,22H,12H2,1-2H3/b7-6+,19-16+. The molecule has 0 bridgehead atoms. The Balaban J connectivity index is 2.31. The van der Waals surface area contributed by atoms with Crippen molar-refractivity contribution in [3.8, 4) is 6.07 Å². The molecule has 23 heavy (non-hydrogen) atoms. The third-order valence-corrected chi connectivity index (χ3v) is 3.41. The van der Waals surface area contributed by atoms with Crippen molar-refractivity contribution in [3.63, 3.8) is 0 Å². The van der Waals surface area contributed by atoms with Gasteiger partial charge < -0.3 is 9.84 Å². The molecule has 0 atom stereocenters. The van der Waals surface area contributed by atoms with E-state index in [2.05, 4.69) is 4.85 Å². The second kappa shape index (κ2) is 7.26. The number of aryl methyl sites for hydroxylation is 1. The molecule has 0 aliphatic carbocycles. The van der Waals surface area contributed by atoms with Crippen molar-refractivity contribution in [1.29, 1.82) is 5.26 Å². The van der Waals surface area contributed by atoms with Crippen LogP contribution >= 0.6 is 0 Å². The summed E-state index contributed by atoms with van der Waals surface area (Å²) in [6.45, 7) is 10.8. The van der Waals surface area contributed by atoms with Crippen LogP contribution < -0.4 is 0 Å². The molecule has 4 heteroatoms. The van der Waals surface area contributed by atoms with Crippen LogP contribution in [0.5, 0.6) is 0 Å². The van der Waals surface area contributed by atoms with Crippen LogP contribution in [0.25, 0.3) is 10.9 Å². The molecule has 1 aliphatic heterocycles. The fraction of sp³-hybridized carbons (Fsp3) is 0.158. The van der Waals surface area contributed by atoms with Gasteiger partial charge in [-0.15, -0.1) is 0 Å². The Bertz CT molecular complexity index is 812. The van der Waals surface area contributed by atoms with Crippen LogP contribution in [0.4, 0.5) is 0 Å². The average molecular weight is 304 g/mol. The van der Waals surface area contributed by atoms with Crippen LogP contribution in [-0.2, 0) is 11.3 Å². The van der Waals surface area contributed by atoms with Crippen LogP contribution in [0, 0.1) is 24.8 Å². The van der Waals surface area contributed by atoms with Gasteiger partial charge in [-0.05, 0) is 60.4 Å². The van der Waals surface area contributed by atoms with Gasteiger partial charge in [-0.3, -0.25) is 0 Å². The van der Waals surface area contributed by atoms with E-state index >= 15 is 0 Å². The lowest BCUT2D eigenvalue weighted by molar-refractivity contribution is 0.281. The molecule has 0 saturated carbocycles. The normalized spacial score (nSPS) is 16.0. The van der Waals surface area contributed by atoms with Crippen molar-refractivity contribution in [2.24, 2.45) is 0 Å². The van der Waals surface area contributed by atoms with E-state index in [9.17, 15) is 5.11 Å². The van der Waals surface area contributed by atoms with Gasteiger partial charge in [0.15, 0.2) is 0 Å². The minimum atomic E-state index is -0.00201. The third-order valence-electron chi connectivity index (χ3n) is 3.41. The lowest BCUT2D eigenvalue weighted by atomic mass is 10.0. The van der Waals surface area contributed by atoms with Crippen molar-refractivity contribution in [2.45, 2.75) is 20.5 Å². The highest BCUT2D eigenvalue weighted by atomic mass is 16.5. The van der Waals surface area contributed by atoms with Gasteiger partial charge in [-0.2, -0.15) is 0 Å². The number of aliphatic hydroxyl groups excluding tert-OH is 1. The van der Waals surface area contributed by atoms with E-state index in [0.29, 0.717) is 17.1 Å². The van der Waals surface area contributed by atoms with Crippen molar-refractivity contribution in [1.82, 2.24) is 0 Å². The van der Waals surface area contributed by atoms with Crippen molar-refractivity contribution >= 4 is 6.08 Å². The van der Waals surface area contributed by atoms with E-state index in [1.54, 1.807) is 25.2 Å². The number of nitriles is 1. The maximum atomic E-state index is 9.31. The van der Waals surface area contributed by atoms with E-state index in [1.807, 2.05) is 37.3 Å². The highest BCUT2D eigenvalue weighted by Gasteiger charge is 2.10. The molecule has 4 nitrogen and oxygen atoms in total. The number of benzene rings is 1. The van der Waals surface area contributed by atoms with Gasteiger partial charge in [0.2, 0.25) is 0 Å². The van der Waals surface area contributed by atoms with E-state index in [1.165, 1.54) is 0 Å².